The first kappa shape index (κ1) is 16.0. The third-order valence-electron chi connectivity index (χ3n) is 5.67. The molecule has 0 bridgehead atoms. The second-order valence-corrected chi connectivity index (χ2v) is 7.41. The minimum absolute atomic E-state index is 0.870. The fraction of sp³-hybridized carbons (Fsp3) is 0.700. The van der Waals surface area contributed by atoms with Gasteiger partial charge in [-0.2, -0.15) is 0 Å². The minimum atomic E-state index is 0.870. The van der Waals surface area contributed by atoms with Crippen LogP contribution in [-0.4, -0.2) is 42.0 Å². The number of rotatable bonds is 4. The van der Waals surface area contributed by atoms with Crippen LogP contribution in [0.2, 0.25) is 0 Å². The molecule has 1 heterocycles. The summed E-state index contributed by atoms with van der Waals surface area (Å²) >= 11 is 0. The Morgan fingerprint density at radius 3 is 2.27 bits per heavy atom. The molecule has 1 aliphatic heterocycles. The fourth-order valence-corrected chi connectivity index (χ4v) is 4.16. The zero-order chi connectivity index (χ0) is 15.4. The van der Waals surface area contributed by atoms with E-state index >= 15 is 0 Å². The van der Waals surface area contributed by atoms with E-state index in [0.717, 1.165) is 24.9 Å². The van der Waals surface area contributed by atoms with Crippen LogP contribution in [0, 0.1) is 5.92 Å². The van der Waals surface area contributed by atoms with E-state index in [1.165, 1.54) is 63.0 Å². The topological polar surface area (TPSA) is 6.48 Å². The summed E-state index contributed by atoms with van der Waals surface area (Å²) in [5.74, 6) is 0.939. The van der Waals surface area contributed by atoms with Crippen LogP contribution >= 0.6 is 0 Å². The second kappa shape index (κ2) is 7.61. The largest absolute Gasteiger partial charge is 0.298 e. The van der Waals surface area contributed by atoms with Crippen molar-refractivity contribution in [3.05, 3.63) is 35.4 Å². The van der Waals surface area contributed by atoms with Crippen LogP contribution in [-0.2, 0) is 13.0 Å². The van der Waals surface area contributed by atoms with Crippen LogP contribution in [0.4, 0.5) is 0 Å². The maximum absolute atomic E-state index is 2.77. The summed E-state index contributed by atoms with van der Waals surface area (Å²) in [6.45, 7) is 10.8. The molecular formula is C20H32N2. The third-order valence-corrected chi connectivity index (χ3v) is 5.67. The summed E-state index contributed by atoms with van der Waals surface area (Å²) in [6, 6.07) is 10.1. The first-order valence-corrected chi connectivity index (χ1v) is 9.29. The molecule has 2 heteroatoms. The summed E-state index contributed by atoms with van der Waals surface area (Å²) in [4.78, 5) is 5.40. The highest BCUT2D eigenvalue weighted by molar-refractivity contribution is 5.22. The maximum atomic E-state index is 2.77. The molecule has 0 spiro atoms. The molecule has 3 rings (SSSR count). The molecule has 2 atom stereocenters. The van der Waals surface area contributed by atoms with E-state index in [2.05, 4.69) is 47.9 Å². The van der Waals surface area contributed by atoms with E-state index in [9.17, 15) is 0 Å². The normalized spacial score (nSPS) is 27.9. The molecule has 1 saturated heterocycles. The van der Waals surface area contributed by atoms with Gasteiger partial charge >= 0.3 is 0 Å². The van der Waals surface area contributed by atoms with Crippen molar-refractivity contribution in [1.29, 1.82) is 0 Å². The van der Waals surface area contributed by atoms with Gasteiger partial charge in [0, 0.05) is 38.8 Å². The molecule has 0 unspecified atom stereocenters. The summed E-state index contributed by atoms with van der Waals surface area (Å²) in [7, 11) is 0. The summed E-state index contributed by atoms with van der Waals surface area (Å²) in [6.07, 6.45) is 6.89. The highest BCUT2D eigenvalue weighted by Crippen LogP contribution is 2.28. The highest BCUT2D eigenvalue weighted by Gasteiger charge is 2.27. The molecule has 2 aliphatic rings. The smallest absolute Gasteiger partial charge is 0.0234 e. The SMILES string of the molecule is CCc1ccc(CN2CCN([C@H]3CCC[C@H](C)C3)CC2)cc1. The second-order valence-electron chi connectivity index (χ2n) is 7.41. The van der Waals surface area contributed by atoms with Gasteiger partial charge in [-0.3, -0.25) is 9.80 Å². The predicted octanol–water partition coefficient (Wildman–Crippen LogP) is 3.95. The van der Waals surface area contributed by atoms with Crippen molar-refractivity contribution in [1.82, 2.24) is 9.80 Å². The molecule has 0 radical (unpaired) electrons. The van der Waals surface area contributed by atoms with Gasteiger partial charge in [-0.1, -0.05) is 51.0 Å². The molecule has 2 fully saturated rings. The van der Waals surface area contributed by atoms with E-state index in [-0.39, 0.29) is 0 Å². The molecule has 1 aromatic rings. The van der Waals surface area contributed by atoms with Crippen molar-refractivity contribution >= 4 is 0 Å². The van der Waals surface area contributed by atoms with Crippen molar-refractivity contribution in [3.63, 3.8) is 0 Å². The Labute approximate surface area is 136 Å². The lowest BCUT2D eigenvalue weighted by molar-refractivity contribution is 0.0659. The Morgan fingerprint density at radius 1 is 0.955 bits per heavy atom. The first-order chi connectivity index (χ1) is 10.7. The van der Waals surface area contributed by atoms with Crippen LogP contribution in [0.15, 0.2) is 24.3 Å². The molecule has 1 aliphatic carbocycles. The van der Waals surface area contributed by atoms with Gasteiger partial charge in [0.1, 0.15) is 0 Å². The van der Waals surface area contributed by atoms with Gasteiger partial charge in [0.05, 0.1) is 0 Å². The van der Waals surface area contributed by atoms with E-state index in [1.54, 1.807) is 0 Å². The Morgan fingerprint density at radius 2 is 1.64 bits per heavy atom. The van der Waals surface area contributed by atoms with Crippen molar-refractivity contribution in [2.45, 2.75) is 58.5 Å². The molecular weight excluding hydrogens is 268 g/mol. The van der Waals surface area contributed by atoms with E-state index in [1.807, 2.05) is 0 Å². The Hall–Kier alpha value is -0.860. The Balaban J connectivity index is 1.46. The Kier molecular flexibility index (Phi) is 5.54. The van der Waals surface area contributed by atoms with Crippen molar-refractivity contribution in [2.24, 2.45) is 5.92 Å². The molecule has 22 heavy (non-hydrogen) atoms. The zero-order valence-electron chi connectivity index (χ0n) is 14.4. The van der Waals surface area contributed by atoms with Crippen molar-refractivity contribution < 1.29 is 0 Å². The predicted molar refractivity (Wildman–Crippen MR) is 94.1 cm³/mol. The standard InChI is InChI=1S/C20H32N2/c1-3-18-7-9-19(10-8-18)16-21-11-13-22(14-12-21)20-6-4-5-17(2)15-20/h7-10,17,20H,3-6,11-16H2,1-2H3/t17-,20-/m0/s1. The fourth-order valence-electron chi connectivity index (χ4n) is 4.16. The third kappa shape index (κ3) is 4.11. The van der Waals surface area contributed by atoms with Crippen molar-refractivity contribution in [2.75, 3.05) is 26.2 Å². The molecule has 2 nitrogen and oxygen atoms in total. The van der Waals surface area contributed by atoms with Gasteiger partial charge in [0.2, 0.25) is 0 Å². The molecule has 1 aromatic carbocycles. The van der Waals surface area contributed by atoms with E-state index in [0.29, 0.717) is 0 Å². The lowest BCUT2D eigenvalue weighted by Crippen LogP contribution is -2.50. The number of hydrogen-bond donors (Lipinski definition) is 0. The van der Waals surface area contributed by atoms with Gasteiger partial charge in [-0.25, -0.2) is 0 Å². The summed E-state index contributed by atoms with van der Waals surface area (Å²) in [5, 5.41) is 0. The molecule has 0 aromatic heterocycles. The summed E-state index contributed by atoms with van der Waals surface area (Å²) in [5.41, 5.74) is 2.91. The minimum Gasteiger partial charge on any atom is -0.298 e. The van der Waals surface area contributed by atoms with Crippen LogP contribution < -0.4 is 0 Å². The number of hydrogen-bond acceptors (Lipinski definition) is 2. The number of piperazine rings is 1. The number of benzene rings is 1. The lowest BCUT2D eigenvalue weighted by Gasteiger charge is -2.42. The number of aryl methyl sites for hydroxylation is 1. The van der Waals surface area contributed by atoms with Crippen molar-refractivity contribution in [3.8, 4) is 0 Å². The molecule has 122 valence electrons. The average molecular weight is 300 g/mol. The van der Waals surface area contributed by atoms with E-state index < -0.39 is 0 Å². The van der Waals surface area contributed by atoms with Crippen LogP contribution in [0.3, 0.4) is 0 Å². The average Bonchev–Trinajstić information content (AvgIpc) is 2.56. The lowest BCUT2D eigenvalue weighted by atomic mass is 9.86. The quantitative estimate of drug-likeness (QED) is 0.831. The molecule has 1 saturated carbocycles. The number of nitrogens with zero attached hydrogens (tertiary/aromatic N) is 2. The van der Waals surface area contributed by atoms with Gasteiger partial charge in [0.15, 0.2) is 0 Å². The maximum Gasteiger partial charge on any atom is 0.0234 e. The van der Waals surface area contributed by atoms with Crippen LogP contribution in [0.5, 0.6) is 0 Å². The van der Waals surface area contributed by atoms with Gasteiger partial charge < -0.3 is 0 Å². The van der Waals surface area contributed by atoms with Gasteiger partial charge in [0.25, 0.3) is 0 Å². The van der Waals surface area contributed by atoms with Gasteiger partial charge in [-0.15, -0.1) is 0 Å². The zero-order valence-corrected chi connectivity index (χ0v) is 14.4. The highest BCUT2D eigenvalue weighted by atomic mass is 15.3. The van der Waals surface area contributed by atoms with Crippen LogP contribution in [0.25, 0.3) is 0 Å². The van der Waals surface area contributed by atoms with Gasteiger partial charge in [-0.05, 0) is 36.3 Å². The Bertz CT molecular complexity index is 445. The summed E-state index contributed by atoms with van der Waals surface area (Å²) < 4.78 is 0. The van der Waals surface area contributed by atoms with Crippen LogP contribution in [0.1, 0.15) is 50.7 Å². The monoisotopic (exact) mass is 300 g/mol. The van der Waals surface area contributed by atoms with E-state index in [4.69, 9.17) is 0 Å². The molecule has 0 N–H and O–H groups in total. The molecule has 0 amide bonds. The first-order valence-electron chi connectivity index (χ1n) is 9.29.